The molecule has 2 rings (SSSR count). The van der Waals surface area contributed by atoms with Gasteiger partial charge < -0.3 is 10.6 Å². The summed E-state index contributed by atoms with van der Waals surface area (Å²) in [6.07, 6.45) is 2.54. The van der Waals surface area contributed by atoms with Crippen molar-refractivity contribution in [1.82, 2.24) is 4.98 Å². The van der Waals surface area contributed by atoms with Gasteiger partial charge in [0.15, 0.2) is 0 Å². The van der Waals surface area contributed by atoms with Gasteiger partial charge in [0.05, 0.1) is 11.0 Å². The predicted octanol–water partition coefficient (Wildman–Crippen LogP) is 1.47. The minimum atomic E-state index is -0.367. The topological polar surface area (TPSA) is 85.3 Å². The van der Waals surface area contributed by atoms with Crippen molar-refractivity contribution >= 4 is 11.5 Å². The number of nitrogens with zero attached hydrogens (tertiary/aromatic N) is 3. The molecule has 0 aromatic carbocycles. The molecule has 0 bridgehead atoms. The van der Waals surface area contributed by atoms with Gasteiger partial charge in [-0.3, -0.25) is 10.1 Å². The highest BCUT2D eigenvalue weighted by Crippen LogP contribution is 2.25. The van der Waals surface area contributed by atoms with Gasteiger partial charge in [-0.15, -0.1) is 0 Å². The number of nitrogens with two attached hydrogens (primary N) is 1. The number of nitro groups is 1. The third-order valence-electron chi connectivity index (χ3n) is 3.27. The molecule has 2 heterocycles. The number of hydrogen-bond acceptors (Lipinski definition) is 5. The number of pyridine rings is 1. The Morgan fingerprint density at radius 1 is 1.56 bits per heavy atom. The fourth-order valence-electron chi connectivity index (χ4n) is 2.46. The summed E-state index contributed by atoms with van der Waals surface area (Å²) in [7, 11) is 0. The number of aromatic nitrogens is 1. The molecule has 1 aliphatic heterocycles. The zero-order valence-corrected chi connectivity index (χ0v) is 10.7. The van der Waals surface area contributed by atoms with Crippen LogP contribution in [0, 0.1) is 23.0 Å². The summed E-state index contributed by atoms with van der Waals surface area (Å²) >= 11 is 0. The van der Waals surface area contributed by atoms with Crippen molar-refractivity contribution in [3.05, 3.63) is 27.9 Å². The number of aryl methyl sites for hydroxylation is 1. The van der Waals surface area contributed by atoms with Crippen molar-refractivity contribution in [2.24, 2.45) is 11.7 Å². The van der Waals surface area contributed by atoms with Gasteiger partial charge in [-0.2, -0.15) is 0 Å². The second kappa shape index (κ2) is 4.89. The van der Waals surface area contributed by atoms with Crippen molar-refractivity contribution in [2.75, 3.05) is 18.0 Å². The van der Waals surface area contributed by atoms with E-state index < -0.39 is 0 Å². The molecule has 18 heavy (non-hydrogen) atoms. The third-order valence-corrected chi connectivity index (χ3v) is 3.27. The molecule has 0 amide bonds. The maximum Gasteiger partial charge on any atom is 0.277 e. The highest BCUT2D eigenvalue weighted by molar-refractivity contribution is 5.51. The van der Waals surface area contributed by atoms with Gasteiger partial charge in [-0.1, -0.05) is 6.92 Å². The molecule has 2 atom stereocenters. The summed E-state index contributed by atoms with van der Waals surface area (Å²) < 4.78 is 0. The van der Waals surface area contributed by atoms with Crippen LogP contribution in [-0.4, -0.2) is 29.0 Å². The molecular formula is C12H18N4O2. The highest BCUT2D eigenvalue weighted by atomic mass is 16.6. The van der Waals surface area contributed by atoms with E-state index in [1.807, 2.05) is 4.90 Å². The van der Waals surface area contributed by atoms with Crippen LogP contribution in [0.5, 0.6) is 0 Å². The summed E-state index contributed by atoms with van der Waals surface area (Å²) in [5.74, 6) is 1.13. The van der Waals surface area contributed by atoms with E-state index in [-0.39, 0.29) is 16.7 Å². The van der Waals surface area contributed by atoms with E-state index in [2.05, 4.69) is 11.9 Å². The summed E-state index contributed by atoms with van der Waals surface area (Å²) in [6.45, 7) is 5.38. The maximum atomic E-state index is 10.9. The van der Waals surface area contributed by atoms with Crippen LogP contribution in [-0.2, 0) is 0 Å². The summed E-state index contributed by atoms with van der Waals surface area (Å²) in [6, 6.07) is 1.65. The van der Waals surface area contributed by atoms with E-state index in [1.165, 1.54) is 0 Å². The van der Waals surface area contributed by atoms with E-state index in [9.17, 15) is 10.1 Å². The Bertz CT molecular complexity index is 453. The molecule has 6 heteroatoms. The van der Waals surface area contributed by atoms with Gasteiger partial charge in [0.2, 0.25) is 0 Å². The molecule has 1 fully saturated rings. The maximum absolute atomic E-state index is 10.9. The predicted molar refractivity (Wildman–Crippen MR) is 69.6 cm³/mol. The first kappa shape index (κ1) is 12.8. The largest absolute Gasteiger partial charge is 0.355 e. The molecule has 0 radical (unpaired) electrons. The average molecular weight is 250 g/mol. The summed E-state index contributed by atoms with van der Waals surface area (Å²) in [5.41, 5.74) is 6.68. The van der Waals surface area contributed by atoms with Crippen LogP contribution in [0.25, 0.3) is 0 Å². The van der Waals surface area contributed by atoms with Crippen LogP contribution >= 0.6 is 0 Å². The molecular weight excluding hydrogens is 232 g/mol. The zero-order chi connectivity index (χ0) is 13.3. The summed E-state index contributed by atoms with van der Waals surface area (Å²) in [5, 5.41) is 10.9. The van der Waals surface area contributed by atoms with Gasteiger partial charge in [0.25, 0.3) is 5.69 Å². The lowest BCUT2D eigenvalue weighted by atomic mass is 9.96. The third kappa shape index (κ3) is 2.59. The second-order valence-electron chi connectivity index (χ2n) is 5.09. The first-order chi connectivity index (χ1) is 8.47. The van der Waals surface area contributed by atoms with Gasteiger partial charge in [-0.05, 0) is 19.3 Å². The van der Waals surface area contributed by atoms with Gasteiger partial charge >= 0.3 is 0 Å². The van der Waals surface area contributed by atoms with Crippen molar-refractivity contribution < 1.29 is 4.92 Å². The van der Waals surface area contributed by atoms with E-state index in [0.29, 0.717) is 23.8 Å². The molecule has 6 nitrogen and oxygen atoms in total. The second-order valence-corrected chi connectivity index (χ2v) is 5.09. The summed E-state index contributed by atoms with van der Waals surface area (Å²) in [4.78, 5) is 16.9. The van der Waals surface area contributed by atoms with E-state index in [1.54, 1.807) is 19.2 Å². The first-order valence-corrected chi connectivity index (χ1v) is 6.09. The molecule has 0 saturated carbocycles. The fourth-order valence-corrected chi connectivity index (χ4v) is 2.46. The molecule has 98 valence electrons. The number of hydrogen-bond donors (Lipinski definition) is 1. The van der Waals surface area contributed by atoms with Crippen LogP contribution in [0.3, 0.4) is 0 Å². The van der Waals surface area contributed by atoms with Crippen LogP contribution < -0.4 is 10.6 Å². The molecule has 1 aromatic heterocycles. The Morgan fingerprint density at radius 3 is 2.89 bits per heavy atom. The number of piperidine rings is 1. The Labute approximate surface area is 106 Å². The van der Waals surface area contributed by atoms with Crippen LogP contribution in [0.15, 0.2) is 12.3 Å². The number of anilines is 1. The van der Waals surface area contributed by atoms with E-state index >= 15 is 0 Å². The molecule has 1 aromatic rings. The van der Waals surface area contributed by atoms with E-state index in [0.717, 1.165) is 13.0 Å². The smallest absolute Gasteiger partial charge is 0.277 e. The molecule has 2 unspecified atom stereocenters. The Balaban J connectivity index is 2.28. The SMILES string of the molecule is Cc1cnc(N2CC(C)CC(N)C2)cc1[N+](=O)[O-]. The van der Waals surface area contributed by atoms with E-state index in [4.69, 9.17) is 5.73 Å². The van der Waals surface area contributed by atoms with Gasteiger partial charge in [0, 0.05) is 30.9 Å². The molecule has 1 aliphatic rings. The molecule has 1 saturated heterocycles. The Kier molecular flexibility index (Phi) is 3.47. The van der Waals surface area contributed by atoms with Crippen molar-refractivity contribution in [2.45, 2.75) is 26.3 Å². The Morgan fingerprint density at radius 2 is 2.28 bits per heavy atom. The van der Waals surface area contributed by atoms with Gasteiger partial charge in [-0.25, -0.2) is 4.98 Å². The normalized spacial score (nSPS) is 24.1. The quantitative estimate of drug-likeness (QED) is 0.634. The van der Waals surface area contributed by atoms with Crippen molar-refractivity contribution in [1.29, 1.82) is 0 Å². The minimum Gasteiger partial charge on any atom is -0.355 e. The standard InChI is InChI=1S/C12H18N4O2/c1-8-3-10(13)7-15(6-8)12-4-11(16(17)18)9(2)5-14-12/h4-5,8,10H,3,6-7,13H2,1-2H3. The lowest BCUT2D eigenvalue weighted by Gasteiger charge is -2.35. The highest BCUT2D eigenvalue weighted by Gasteiger charge is 2.24. The first-order valence-electron chi connectivity index (χ1n) is 6.09. The van der Waals surface area contributed by atoms with Crippen LogP contribution in [0.2, 0.25) is 0 Å². The molecule has 0 spiro atoms. The minimum absolute atomic E-state index is 0.107. The molecule has 0 aliphatic carbocycles. The lowest BCUT2D eigenvalue weighted by Crippen LogP contribution is -2.46. The monoisotopic (exact) mass is 250 g/mol. The zero-order valence-electron chi connectivity index (χ0n) is 10.7. The number of rotatable bonds is 2. The van der Waals surface area contributed by atoms with Crippen LogP contribution in [0.4, 0.5) is 11.5 Å². The van der Waals surface area contributed by atoms with Crippen molar-refractivity contribution in [3.8, 4) is 0 Å². The average Bonchev–Trinajstić information content (AvgIpc) is 2.27. The van der Waals surface area contributed by atoms with Crippen LogP contribution in [0.1, 0.15) is 18.9 Å². The fraction of sp³-hybridized carbons (Fsp3) is 0.583. The molecule has 2 N–H and O–H groups in total. The van der Waals surface area contributed by atoms with Gasteiger partial charge in [0.1, 0.15) is 5.82 Å². The lowest BCUT2D eigenvalue weighted by molar-refractivity contribution is -0.385. The Hall–Kier alpha value is -1.69. The van der Waals surface area contributed by atoms with Crippen molar-refractivity contribution in [3.63, 3.8) is 0 Å².